The van der Waals surface area contributed by atoms with E-state index in [4.69, 9.17) is 0 Å². The van der Waals surface area contributed by atoms with E-state index in [0.29, 0.717) is 12.0 Å². The molecule has 2 rings (SSSR count). The monoisotopic (exact) mass is 297 g/mol. The van der Waals surface area contributed by atoms with Gasteiger partial charge in [-0.3, -0.25) is 0 Å². The molecule has 0 radical (unpaired) electrons. The molecule has 1 N–H and O–H groups in total. The molecular weight excluding hydrogens is 274 g/mol. The molecule has 0 aliphatic carbocycles. The molecule has 3 heteroatoms. The first kappa shape index (κ1) is 16.1. The van der Waals surface area contributed by atoms with E-state index in [2.05, 4.69) is 43.9 Å². The van der Waals surface area contributed by atoms with E-state index >= 15 is 0 Å². The third-order valence-electron chi connectivity index (χ3n) is 4.08. The van der Waals surface area contributed by atoms with E-state index in [9.17, 15) is 9.90 Å². The van der Waals surface area contributed by atoms with Gasteiger partial charge in [-0.2, -0.15) is 0 Å². The average Bonchev–Trinajstić information content (AvgIpc) is 2.51. The fourth-order valence-electron chi connectivity index (χ4n) is 2.75. The maximum Gasteiger partial charge on any atom is 0.335 e. The predicted octanol–water partition coefficient (Wildman–Crippen LogP) is 4.13. The van der Waals surface area contributed by atoms with Crippen LogP contribution < -0.4 is 4.90 Å². The van der Waals surface area contributed by atoms with Gasteiger partial charge in [-0.15, -0.1) is 0 Å². The molecule has 116 valence electrons. The van der Waals surface area contributed by atoms with Crippen molar-refractivity contribution in [2.24, 2.45) is 0 Å². The van der Waals surface area contributed by atoms with Crippen LogP contribution in [-0.2, 0) is 6.42 Å². The minimum Gasteiger partial charge on any atom is -0.478 e. The molecule has 2 aromatic carbocycles. The van der Waals surface area contributed by atoms with Gasteiger partial charge in [0, 0.05) is 18.8 Å². The van der Waals surface area contributed by atoms with Crippen LogP contribution in [0.2, 0.25) is 0 Å². The van der Waals surface area contributed by atoms with Gasteiger partial charge in [0.05, 0.1) is 5.56 Å². The zero-order chi connectivity index (χ0) is 16.1. The molecule has 0 fully saturated rings. The summed E-state index contributed by atoms with van der Waals surface area (Å²) in [4.78, 5) is 13.6. The Morgan fingerprint density at radius 3 is 2.32 bits per heavy atom. The molecule has 0 spiro atoms. The van der Waals surface area contributed by atoms with E-state index in [1.807, 2.05) is 12.1 Å². The summed E-state index contributed by atoms with van der Waals surface area (Å²) in [6, 6.07) is 13.6. The van der Waals surface area contributed by atoms with E-state index in [1.165, 1.54) is 16.8 Å². The Hall–Kier alpha value is -2.29. The van der Waals surface area contributed by atoms with Crippen molar-refractivity contribution >= 4 is 11.7 Å². The second-order valence-corrected chi connectivity index (χ2v) is 5.42. The first-order chi connectivity index (χ1) is 10.6. The van der Waals surface area contributed by atoms with Crippen LogP contribution >= 0.6 is 0 Å². The fraction of sp³-hybridized carbons (Fsp3) is 0.316. The number of rotatable bonds is 6. The second-order valence-electron chi connectivity index (χ2n) is 5.42. The molecular formula is C19H23NO2. The molecule has 0 heterocycles. The summed E-state index contributed by atoms with van der Waals surface area (Å²) in [5, 5.41) is 9.29. The largest absolute Gasteiger partial charge is 0.478 e. The second kappa shape index (κ2) is 7.12. The predicted molar refractivity (Wildman–Crippen MR) is 90.9 cm³/mol. The van der Waals surface area contributed by atoms with Crippen LogP contribution in [0.3, 0.4) is 0 Å². The number of nitrogens with zero attached hydrogens (tertiary/aromatic N) is 1. The zero-order valence-corrected chi connectivity index (χ0v) is 13.5. The van der Waals surface area contributed by atoms with Crippen LogP contribution in [0.15, 0.2) is 42.5 Å². The van der Waals surface area contributed by atoms with Crippen LogP contribution in [-0.4, -0.2) is 24.2 Å². The number of hydrogen-bond donors (Lipinski definition) is 1. The number of hydrogen-bond acceptors (Lipinski definition) is 2. The summed E-state index contributed by atoms with van der Waals surface area (Å²) in [5.74, 6) is -0.868. The number of anilines is 1. The molecule has 0 aliphatic rings. The SMILES string of the molecule is CCN(CC)c1ccc(Cc2ccccc2C(=O)O)c(C)c1. The van der Waals surface area contributed by atoms with Gasteiger partial charge in [0.2, 0.25) is 0 Å². The van der Waals surface area contributed by atoms with Crippen molar-refractivity contribution in [3.63, 3.8) is 0 Å². The van der Waals surface area contributed by atoms with Crippen LogP contribution in [0.25, 0.3) is 0 Å². The first-order valence-electron chi connectivity index (χ1n) is 7.72. The summed E-state index contributed by atoms with van der Waals surface area (Å²) in [7, 11) is 0. The lowest BCUT2D eigenvalue weighted by Crippen LogP contribution is -2.21. The number of carboxylic acid groups (broad SMARTS) is 1. The molecule has 3 nitrogen and oxygen atoms in total. The van der Waals surface area contributed by atoms with Crippen molar-refractivity contribution in [1.82, 2.24) is 0 Å². The van der Waals surface area contributed by atoms with Crippen LogP contribution in [0, 0.1) is 6.92 Å². The van der Waals surface area contributed by atoms with E-state index in [1.54, 1.807) is 12.1 Å². The Labute approximate surface area is 132 Å². The third kappa shape index (κ3) is 3.48. The summed E-state index contributed by atoms with van der Waals surface area (Å²) >= 11 is 0. The van der Waals surface area contributed by atoms with Crippen molar-refractivity contribution in [2.45, 2.75) is 27.2 Å². The van der Waals surface area contributed by atoms with Crippen molar-refractivity contribution in [3.8, 4) is 0 Å². The highest BCUT2D eigenvalue weighted by atomic mass is 16.4. The van der Waals surface area contributed by atoms with Gasteiger partial charge < -0.3 is 10.0 Å². The molecule has 0 aromatic heterocycles. The van der Waals surface area contributed by atoms with Gasteiger partial charge in [-0.1, -0.05) is 24.3 Å². The Morgan fingerprint density at radius 1 is 1.05 bits per heavy atom. The van der Waals surface area contributed by atoms with Gasteiger partial charge in [0.1, 0.15) is 0 Å². The minimum atomic E-state index is -0.868. The number of carboxylic acids is 1. The minimum absolute atomic E-state index is 0.384. The smallest absolute Gasteiger partial charge is 0.335 e. The molecule has 0 unspecified atom stereocenters. The molecule has 0 saturated heterocycles. The van der Waals surface area contributed by atoms with E-state index in [0.717, 1.165) is 18.7 Å². The van der Waals surface area contributed by atoms with Gasteiger partial charge in [-0.05, 0) is 62.1 Å². The normalized spacial score (nSPS) is 10.5. The quantitative estimate of drug-likeness (QED) is 0.871. The maximum atomic E-state index is 11.3. The Bertz CT molecular complexity index is 660. The molecule has 0 saturated carbocycles. The molecule has 0 amide bonds. The van der Waals surface area contributed by atoms with Crippen molar-refractivity contribution in [1.29, 1.82) is 0 Å². The number of aryl methyl sites for hydroxylation is 1. The molecule has 2 aromatic rings. The Kier molecular flexibility index (Phi) is 5.21. The topological polar surface area (TPSA) is 40.5 Å². The van der Waals surface area contributed by atoms with Gasteiger partial charge >= 0.3 is 5.97 Å². The van der Waals surface area contributed by atoms with Gasteiger partial charge in [-0.25, -0.2) is 4.79 Å². The molecule has 22 heavy (non-hydrogen) atoms. The van der Waals surface area contributed by atoms with Gasteiger partial charge in [0.25, 0.3) is 0 Å². The highest BCUT2D eigenvalue weighted by Crippen LogP contribution is 2.22. The maximum absolute atomic E-state index is 11.3. The number of carbonyl (C=O) groups is 1. The first-order valence-corrected chi connectivity index (χ1v) is 7.72. The Balaban J connectivity index is 2.30. The van der Waals surface area contributed by atoms with E-state index in [-0.39, 0.29) is 0 Å². The summed E-state index contributed by atoms with van der Waals surface area (Å²) in [6.45, 7) is 8.35. The van der Waals surface area contributed by atoms with E-state index < -0.39 is 5.97 Å². The van der Waals surface area contributed by atoms with Crippen LogP contribution in [0.4, 0.5) is 5.69 Å². The van der Waals surface area contributed by atoms with Gasteiger partial charge in [0.15, 0.2) is 0 Å². The highest BCUT2D eigenvalue weighted by molar-refractivity contribution is 5.89. The lowest BCUT2D eigenvalue weighted by atomic mass is 9.96. The third-order valence-corrected chi connectivity index (χ3v) is 4.08. The van der Waals surface area contributed by atoms with Crippen LogP contribution in [0.1, 0.15) is 40.9 Å². The van der Waals surface area contributed by atoms with Crippen LogP contribution in [0.5, 0.6) is 0 Å². The van der Waals surface area contributed by atoms with Crippen molar-refractivity contribution in [3.05, 3.63) is 64.7 Å². The molecule has 0 bridgehead atoms. The summed E-state index contributed by atoms with van der Waals surface area (Å²) in [6.07, 6.45) is 0.646. The number of aromatic carboxylic acids is 1. The molecule has 0 atom stereocenters. The van der Waals surface area contributed by atoms with Crippen molar-refractivity contribution in [2.75, 3.05) is 18.0 Å². The highest BCUT2D eigenvalue weighted by Gasteiger charge is 2.11. The molecule has 0 aliphatic heterocycles. The summed E-state index contributed by atoms with van der Waals surface area (Å²) in [5.41, 5.74) is 4.83. The zero-order valence-electron chi connectivity index (χ0n) is 13.5. The fourth-order valence-corrected chi connectivity index (χ4v) is 2.75. The lowest BCUT2D eigenvalue weighted by Gasteiger charge is -2.22. The average molecular weight is 297 g/mol. The van der Waals surface area contributed by atoms with Crippen molar-refractivity contribution < 1.29 is 9.90 Å². The summed E-state index contributed by atoms with van der Waals surface area (Å²) < 4.78 is 0. The lowest BCUT2D eigenvalue weighted by molar-refractivity contribution is 0.0696. The Morgan fingerprint density at radius 2 is 1.73 bits per heavy atom. The standard InChI is InChI=1S/C19H23NO2/c1-4-20(5-2)17-11-10-15(14(3)12-17)13-16-8-6-7-9-18(16)19(21)22/h6-12H,4-5,13H2,1-3H3,(H,21,22). The number of benzene rings is 2.